The zero-order valence-electron chi connectivity index (χ0n) is 13.5. The number of aromatic nitrogens is 1. The molecular weight excluding hydrogens is 461 g/mol. The molecule has 0 amide bonds. The van der Waals surface area contributed by atoms with Crippen molar-refractivity contribution in [1.82, 2.24) is 4.98 Å². The van der Waals surface area contributed by atoms with E-state index in [2.05, 4.69) is 39.0 Å². The van der Waals surface area contributed by atoms with E-state index >= 15 is 0 Å². The standard InChI is InChI=1S/C19H14IN3O2S/c20-15-7-3-12(4-8-15)9-16(18(24)25)22-19-23-17(11-26-19)14-5-1-13(10-21)2-6-14/h1-8,11,16H,9H2,(H,22,23)(H,24,25). The van der Waals surface area contributed by atoms with E-state index in [4.69, 9.17) is 5.26 Å². The molecule has 0 bridgehead atoms. The Labute approximate surface area is 168 Å². The average Bonchev–Trinajstić information content (AvgIpc) is 3.11. The summed E-state index contributed by atoms with van der Waals surface area (Å²) < 4.78 is 1.11. The molecule has 0 aliphatic rings. The van der Waals surface area contributed by atoms with Gasteiger partial charge in [-0.1, -0.05) is 24.3 Å². The minimum Gasteiger partial charge on any atom is -0.480 e. The van der Waals surface area contributed by atoms with Crippen molar-refractivity contribution in [3.8, 4) is 17.3 Å². The van der Waals surface area contributed by atoms with Crippen LogP contribution in [0.1, 0.15) is 11.1 Å². The van der Waals surface area contributed by atoms with E-state index in [1.807, 2.05) is 41.8 Å². The Hall–Kier alpha value is -2.44. The second kappa shape index (κ2) is 8.29. The number of halogens is 1. The molecule has 0 spiro atoms. The van der Waals surface area contributed by atoms with Crippen LogP contribution < -0.4 is 5.32 Å². The monoisotopic (exact) mass is 475 g/mol. The summed E-state index contributed by atoms with van der Waals surface area (Å²) in [5.41, 5.74) is 3.18. The minimum atomic E-state index is -0.918. The first-order valence-electron chi connectivity index (χ1n) is 7.75. The summed E-state index contributed by atoms with van der Waals surface area (Å²) in [5, 5.41) is 23.8. The van der Waals surface area contributed by atoms with Crippen molar-refractivity contribution in [2.45, 2.75) is 12.5 Å². The van der Waals surface area contributed by atoms with Crippen molar-refractivity contribution in [1.29, 1.82) is 5.26 Å². The Morgan fingerprint density at radius 2 is 1.92 bits per heavy atom. The number of hydrogen-bond acceptors (Lipinski definition) is 5. The SMILES string of the molecule is N#Cc1ccc(-c2csc(NC(Cc3ccc(I)cc3)C(=O)O)n2)cc1. The highest BCUT2D eigenvalue weighted by molar-refractivity contribution is 14.1. The molecule has 0 saturated heterocycles. The highest BCUT2D eigenvalue weighted by Gasteiger charge is 2.19. The van der Waals surface area contributed by atoms with Gasteiger partial charge in [-0.15, -0.1) is 11.3 Å². The van der Waals surface area contributed by atoms with Gasteiger partial charge in [0.25, 0.3) is 0 Å². The molecule has 3 rings (SSSR count). The van der Waals surface area contributed by atoms with E-state index in [0.717, 1.165) is 20.4 Å². The number of nitrogens with zero attached hydrogens (tertiary/aromatic N) is 2. The summed E-state index contributed by atoms with van der Waals surface area (Å²) >= 11 is 3.58. The van der Waals surface area contributed by atoms with Crippen molar-refractivity contribution in [2.75, 3.05) is 5.32 Å². The number of nitrogens with one attached hydrogen (secondary N) is 1. The summed E-state index contributed by atoms with van der Waals surface area (Å²) in [7, 11) is 0. The summed E-state index contributed by atoms with van der Waals surface area (Å²) in [4.78, 5) is 16.1. The first-order valence-corrected chi connectivity index (χ1v) is 9.71. The van der Waals surface area contributed by atoms with Crippen molar-refractivity contribution in [2.24, 2.45) is 0 Å². The maximum atomic E-state index is 11.6. The highest BCUT2D eigenvalue weighted by Crippen LogP contribution is 2.26. The molecule has 1 heterocycles. The van der Waals surface area contributed by atoms with Crippen LogP contribution in [-0.2, 0) is 11.2 Å². The van der Waals surface area contributed by atoms with Gasteiger partial charge in [0, 0.05) is 20.9 Å². The van der Waals surface area contributed by atoms with Crippen LogP contribution in [0.3, 0.4) is 0 Å². The largest absolute Gasteiger partial charge is 0.480 e. The van der Waals surface area contributed by atoms with Gasteiger partial charge in [0.2, 0.25) is 0 Å². The van der Waals surface area contributed by atoms with Crippen molar-refractivity contribution in [3.05, 3.63) is 68.6 Å². The first-order chi connectivity index (χ1) is 12.5. The molecule has 0 radical (unpaired) electrons. The smallest absolute Gasteiger partial charge is 0.326 e. The number of anilines is 1. The molecule has 1 atom stereocenters. The molecule has 5 nitrogen and oxygen atoms in total. The quantitative estimate of drug-likeness (QED) is 0.517. The number of carboxylic acids is 1. The van der Waals surface area contributed by atoms with E-state index in [1.165, 1.54) is 11.3 Å². The summed E-state index contributed by atoms with van der Waals surface area (Å²) in [6.07, 6.45) is 0.373. The van der Waals surface area contributed by atoms with E-state index < -0.39 is 12.0 Å². The molecule has 0 saturated carbocycles. The normalized spacial score (nSPS) is 11.5. The Morgan fingerprint density at radius 3 is 2.54 bits per heavy atom. The maximum absolute atomic E-state index is 11.6. The zero-order valence-corrected chi connectivity index (χ0v) is 16.5. The van der Waals surface area contributed by atoms with Gasteiger partial charge in [-0.3, -0.25) is 0 Å². The molecule has 0 fully saturated rings. The van der Waals surface area contributed by atoms with Crippen molar-refractivity contribution in [3.63, 3.8) is 0 Å². The molecular formula is C19H14IN3O2S. The van der Waals surface area contributed by atoms with Crippen LogP contribution in [-0.4, -0.2) is 22.1 Å². The number of benzene rings is 2. The number of rotatable bonds is 6. The molecule has 1 aromatic heterocycles. The third kappa shape index (κ3) is 4.59. The molecule has 0 aliphatic heterocycles. The van der Waals surface area contributed by atoms with Crippen LogP contribution in [0.5, 0.6) is 0 Å². The van der Waals surface area contributed by atoms with E-state index in [0.29, 0.717) is 17.1 Å². The number of thiazole rings is 1. The van der Waals surface area contributed by atoms with Gasteiger partial charge >= 0.3 is 5.97 Å². The Bertz CT molecular complexity index is 946. The van der Waals surface area contributed by atoms with Crippen molar-refractivity contribution < 1.29 is 9.90 Å². The number of carbonyl (C=O) groups is 1. The fourth-order valence-electron chi connectivity index (χ4n) is 2.39. The van der Waals surface area contributed by atoms with E-state index in [1.54, 1.807) is 12.1 Å². The highest BCUT2D eigenvalue weighted by atomic mass is 127. The fraction of sp³-hybridized carbons (Fsp3) is 0.105. The summed E-state index contributed by atoms with van der Waals surface area (Å²) in [6, 6.07) is 16.2. The molecule has 26 heavy (non-hydrogen) atoms. The number of nitriles is 1. The lowest BCUT2D eigenvalue weighted by Crippen LogP contribution is -2.31. The minimum absolute atomic E-state index is 0.373. The van der Waals surface area contributed by atoms with E-state index in [9.17, 15) is 9.90 Å². The second-order valence-electron chi connectivity index (χ2n) is 5.59. The van der Waals surface area contributed by atoms with Crippen LogP contribution in [0.15, 0.2) is 53.9 Å². The third-order valence-corrected chi connectivity index (χ3v) is 5.26. The van der Waals surface area contributed by atoms with Gasteiger partial charge in [-0.05, 0) is 52.4 Å². The number of carboxylic acid groups (broad SMARTS) is 1. The van der Waals surface area contributed by atoms with Crippen LogP contribution in [0.4, 0.5) is 5.13 Å². The molecule has 2 aromatic carbocycles. The topological polar surface area (TPSA) is 86.0 Å². The van der Waals surface area contributed by atoms with Crippen molar-refractivity contribution >= 4 is 45.0 Å². The lowest BCUT2D eigenvalue weighted by atomic mass is 10.1. The summed E-state index contributed by atoms with van der Waals surface area (Å²) in [6.45, 7) is 0. The molecule has 2 N–H and O–H groups in total. The Balaban J connectivity index is 1.73. The van der Waals surface area contributed by atoms with Gasteiger partial charge in [-0.25, -0.2) is 9.78 Å². The predicted molar refractivity (Wildman–Crippen MR) is 110 cm³/mol. The van der Waals surface area contributed by atoms with Crippen LogP contribution in [0.2, 0.25) is 0 Å². The molecule has 0 aliphatic carbocycles. The molecule has 3 aromatic rings. The lowest BCUT2D eigenvalue weighted by molar-refractivity contribution is -0.137. The van der Waals surface area contributed by atoms with Crippen LogP contribution in [0.25, 0.3) is 11.3 Å². The van der Waals surface area contributed by atoms with Crippen LogP contribution >= 0.6 is 33.9 Å². The predicted octanol–water partition coefficient (Wildman–Crippen LogP) is 4.39. The van der Waals surface area contributed by atoms with E-state index in [-0.39, 0.29) is 0 Å². The molecule has 130 valence electrons. The van der Waals surface area contributed by atoms with Gasteiger partial charge in [0.1, 0.15) is 6.04 Å². The van der Waals surface area contributed by atoms with Gasteiger partial charge in [-0.2, -0.15) is 5.26 Å². The zero-order chi connectivity index (χ0) is 18.5. The second-order valence-corrected chi connectivity index (χ2v) is 7.70. The van der Waals surface area contributed by atoms with Gasteiger partial charge in [0.15, 0.2) is 5.13 Å². The fourth-order valence-corrected chi connectivity index (χ4v) is 3.53. The van der Waals surface area contributed by atoms with Gasteiger partial charge < -0.3 is 10.4 Å². The molecule has 7 heteroatoms. The lowest BCUT2D eigenvalue weighted by Gasteiger charge is -2.13. The number of hydrogen-bond donors (Lipinski definition) is 2. The molecule has 1 unspecified atom stereocenters. The average molecular weight is 475 g/mol. The maximum Gasteiger partial charge on any atom is 0.326 e. The summed E-state index contributed by atoms with van der Waals surface area (Å²) in [5.74, 6) is -0.918. The Kier molecular flexibility index (Phi) is 5.85. The Morgan fingerprint density at radius 1 is 1.23 bits per heavy atom. The number of aliphatic carboxylic acids is 1. The first kappa shape index (κ1) is 18.4. The van der Waals surface area contributed by atoms with Gasteiger partial charge in [0.05, 0.1) is 17.3 Å². The van der Waals surface area contributed by atoms with Crippen LogP contribution in [0, 0.1) is 14.9 Å². The third-order valence-electron chi connectivity index (χ3n) is 3.76.